The van der Waals surface area contributed by atoms with Crippen molar-refractivity contribution in [3.63, 3.8) is 0 Å². The molecule has 0 saturated carbocycles. The highest BCUT2D eigenvalue weighted by atomic mass is 32.2. The van der Waals surface area contributed by atoms with Crippen LogP contribution < -0.4 is 10.5 Å². The topological polar surface area (TPSA) is 92.5 Å². The number of carbonyl (C=O) groups is 1. The van der Waals surface area contributed by atoms with Crippen LogP contribution in [0.25, 0.3) is 0 Å². The lowest BCUT2D eigenvalue weighted by Crippen LogP contribution is -2.40. The van der Waals surface area contributed by atoms with Crippen molar-refractivity contribution in [1.82, 2.24) is 9.62 Å². The Morgan fingerprint density at radius 3 is 2.45 bits per heavy atom. The molecule has 6 nitrogen and oxygen atoms in total. The van der Waals surface area contributed by atoms with Crippen LogP contribution in [0.1, 0.15) is 13.8 Å². The van der Waals surface area contributed by atoms with Crippen molar-refractivity contribution >= 4 is 21.6 Å². The van der Waals surface area contributed by atoms with Crippen LogP contribution in [-0.2, 0) is 14.8 Å². The lowest BCUT2D eigenvalue weighted by atomic mass is 10.3. The van der Waals surface area contributed by atoms with E-state index in [-0.39, 0.29) is 11.6 Å². The maximum atomic E-state index is 13.6. The molecule has 8 heteroatoms. The van der Waals surface area contributed by atoms with Gasteiger partial charge in [0.1, 0.15) is 10.7 Å². The molecule has 0 aromatic heterocycles. The smallest absolute Gasteiger partial charge is 0.246 e. The Hall–Kier alpha value is -1.67. The highest BCUT2D eigenvalue weighted by Crippen LogP contribution is 2.21. The van der Waals surface area contributed by atoms with Crippen LogP contribution in [0.3, 0.4) is 0 Å². The van der Waals surface area contributed by atoms with E-state index in [1.54, 1.807) is 13.8 Å². The van der Waals surface area contributed by atoms with Gasteiger partial charge in [-0.25, -0.2) is 17.5 Å². The number of nitrogens with zero attached hydrogens (tertiary/aromatic N) is 1. The van der Waals surface area contributed by atoms with Gasteiger partial charge in [0.15, 0.2) is 0 Å². The van der Waals surface area contributed by atoms with Gasteiger partial charge >= 0.3 is 0 Å². The second kappa shape index (κ2) is 6.67. The van der Waals surface area contributed by atoms with Gasteiger partial charge < -0.3 is 10.6 Å². The van der Waals surface area contributed by atoms with Crippen molar-refractivity contribution in [2.24, 2.45) is 0 Å². The minimum atomic E-state index is -4.16. The summed E-state index contributed by atoms with van der Waals surface area (Å²) >= 11 is 0. The molecule has 0 spiro atoms. The van der Waals surface area contributed by atoms with Gasteiger partial charge in [0, 0.05) is 13.1 Å². The predicted molar refractivity (Wildman–Crippen MR) is 73.9 cm³/mol. The molecule has 1 aromatic carbocycles. The second-order valence-electron chi connectivity index (χ2n) is 4.05. The van der Waals surface area contributed by atoms with E-state index in [0.717, 1.165) is 6.07 Å². The summed E-state index contributed by atoms with van der Waals surface area (Å²) in [5.41, 5.74) is 5.27. The molecule has 0 fully saturated rings. The Morgan fingerprint density at radius 1 is 1.35 bits per heavy atom. The first-order valence-electron chi connectivity index (χ1n) is 6.14. The van der Waals surface area contributed by atoms with Crippen LogP contribution in [0.15, 0.2) is 23.1 Å². The summed E-state index contributed by atoms with van der Waals surface area (Å²) in [5.74, 6) is -1.33. The normalized spacial score (nSPS) is 11.3. The molecule has 0 saturated heterocycles. The van der Waals surface area contributed by atoms with Crippen molar-refractivity contribution in [3.8, 4) is 0 Å². The monoisotopic (exact) mass is 303 g/mol. The zero-order valence-electron chi connectivity index (χ0n) is 11.4. The molecular weight excluding hydrogens is 285 g/mol. The van der Waals surface area contributed by atoms with E-state index in [0.29, 0.717) is 13.1 Å². The van der Waals surface area contributed by atoms with E-state index in [9.17, 15) is 17.6 Å². The number of nitrogens with two attached hydrogens (primary N) is 1. The largest absolute Gasteiger partial charge is 0.398 e. The Bertz CT molecular complexity index is 565. The minimum Gasteiger partial charge on any atom is -0.398 e. The quantitative estimate of drug-likeness (QED) is 0.751. The average Bonchev–Trinajstić information content (AvgIpc) is 2.37. The number of amides is 1. The standard InChI is InChI=1S/C12H18FN3O3S/c1-3-16(4-2)11(17)8-15-20(18,19)12-9(13)6-5-7-10(12)14/h5-7,15H,3-4,8,14H2,1-2H3. The lowest BCUT2D eigenvalue weighted by Gasteiger charge is -2.19. The molecule has 20 heavy (non-hydrogen) atoms. The van der Waals surface area contributed by atoms with Gasteiger partial charge in [-0.15, -0.1) is 0 Å². The Kier molecular flexibility index (Phi) is 5.46. The molecule has 3 N–H and O–H groups in total. The van der Waals surface area contributed by atoms with Crippen LogP contribution in [0.4, 0.5) is 10.1 Å². The van der Waals surface area contributed by atoms with Gasteiger partial charge in [0.05, 0.1) is 12.2 Å². The van der Waals surface area contributed by atoms with E-state index in [1.807, 2.05) is 0 Å². The fourth-order valence-electron chi connectivity index (χ4n) is 1.73. The molecule has 0 atom stereocenters. The molecular formula is C12H18FN3O3S. The number of sulfonamides is 1. The number of hydrogen-bond acceptors (Lipinski definition) is 4. The third-order valence-electron chi connectivity index (χ3n) is 2.80. The maximum Gasteiger partial charge on any atom is 0.246 e. The van der Waals surface area contributed by atoms with Gasteiger partial charge in [-0.05, 0) is 26.0 Å². The average molecular weight is 303 g/mol. The molecule has 0 unspecified atom stereocenters. The van der Waals surface area contributed by atoms with Gasteiger partial charge in [0.25, 0.3) is 0 Å². The van der Waals surface area contributed by atoms with Crippen molar-refractivity contribution < 1.29 is 17.6 Å². The summed E-state index contributed by atoms with van der Waals surface area (Å²) in [5, 5.41) is 0. The summed E-state index contributed by atoms with van der Waals surface area (Å²) in [6, 6.07) is 3.59. The van der Waals surface area contributed by atoms with Gasteiger partial charge in [-0.3, -0.25) is 4.79 Å². The number of anilines is 1. The Labute approximate surface area is 117 Å². The number of carbonyl (C=O) groups excluding carboxylic acids is 1. The lowest BCUT2D eigenvalue weighted by molar-refractivity contribution is -0.129. The number of benzene rings is 1. The molecule has 0 radical (unpaired) electrons. The molecule has 1 rings (SSSR count). The van der Waals surface area contributed by atoms with E-state index in [2.05, 4.69) is 4.72 Å². The number of halogens is 1. The summed E-state index contributed by atoms with van der Waals surface area (Å²) < 4.78 is 39.6. The Balaban J connectivity index is 2.89. The van der Waals surface area contributed by atoms with Gasteiger partial charge in [-0.1, -0.05) is 6.07 Å². The molecule has 0 aliphatic heterocycles. The highest BCUT2D eigenvalue weighted by molar-refractivity contribution is 7.89. The van der Waals surface area contributed by atoms with Crippen LogP contribution in [0.2, 0.25) is 0 Å². The van der Waals surface area contributed by atoms with Gasteiger partial charge in [0.2, 0.25) is 15.9 Å². The molecule has 1 aromatic rings. The van der Waals surface area contributed by atoms with E-state index < -0.39 is 27.3 Å². The predicted octanol–water partition coefficient (Wildman–Crippen LogP) is 0.555. The number of rotatable bonds is 6. The third kappa shape index (κ3) is 3.67. The maximum absolute atomic E-state index is 13.6. The highest BCUT2D eigenvalue weighted by Gasteiger charge is 2.23. The summed E-state index contributed by atoms with van der Waals surface area (Å²) in [7, 11) is -4.16. The first kappa shape index (κ1) is 16.4. The summed E-state index contributed by atoms with van der Waals surface area (Å²) in [4.78, 5) is 12.6. The molecule has 0 bridgehead atoms. The van der Waals surface area contributed by atoms with Crippen molar-refractivity contribution in [2.75, 3.05) is 25.4 Å². The third-order valence-corrected chi connectivity index (χ3v) is 4.29. The van der Waals surface area contributed by atoms with Gasteiger partial charge in [-0.2, -0.15) is 0 Å². The summed E-state index contributed by atoms with van der Waals surface area (Å²) in [6.45, 7) is 4.07. The van der Waals surface area contributed by atoms with E-state index >= 15 is 0 Å². The second-order valence-corrected chi connectivity index (χ2v) is 5.75. The zero-order valence-corrected chi connectivity index (χ0v) is 12.2. The number of nitrogen functional groups attached to an aromatic ring is 1. The molecule has 0 aliphatic rings. The number of hydrogen-bond donors (Lipinski definition) is 2. The fraction of sp³-hybridized carbons (Fsp3) is 0.417. The molecule has 0 aliphatic carbocycles. The zero-order chi connectivity index (χ0) is 15.3. The van der Waals surface area contributed by atoms with Crippen molar-refractivity contribution in [3.05, 3.63) is 24.0 Å². The minimum absolute atomic E-state index is 0.201. The van der Waals surface area contributed by atoms with Crippen LogP contribution in [0.5, 0.6) is 0 Å². The molecule has 1 amide bonds. The van der Waals surface area contributed by atoms with E-state index in [1.165, 1.54) is 17.0 Å². The van der Waals surface area contributed by atoms with Crippen molar-refractivity contribution in [2.45, 2.75) is 18.7 Å². The molecule has 0 heterocycles. The summed E-state index contributed by atoms with van der Waals surface area (Å²) in [6.07, 6.45) is 0. The Morgan fingerprint density at radius 2 is 1.95 bits per heavy atom. The first-order valence-corrected chi connectivity index (χ1v) is 7.63. The SMILES string of the molecule is CCN(CC)C(=O)CNS(=O)(=O)c1c(N)cccc1F. The first-order chi connectivity index (χ1) is 9.33. The van der Waals surface area contributed by atoms with Crippen molar-refractivity contribution in [1.29, 1.82) is 0 Å². The van der Waals surface area contributed by atoms with E-state index in [4.69, 9.17) is 5.73 Å². The van der Waals surface area contributed by atoms with Crippen LogP contribution in [0, 0.1) is 5.82 Å². The van der Waals surface area contributed by atoms with Crippen LogP contribution >= 0.6 is 0 Å². The van der Waals surface area contributed by atoms with Crippen LogP contribution in [-0.4, -0.2) is 38.9 Å². The number of nitrogens with one attached hydrogen (secondary N) is 1. The number of likely N-dealkylation sites (N-methyl/N-ethyl adjacent to an activating group) is 1. The fourth-order valence-corrected chi connectivity index (χ4v) is 2.89. The molecule has 112 valence electrons.